The van der Waals surface area contributed by atoms with Crippen molar-refractivity contribution in [2.75, 3.05) is 23.7 Å². The molecule has 1 fully saturated rings. The Labute approximate surface area is 161 Å². The van der Waals surface area contributed by atoms with Gasteiger partial charge in [-0.1, -0.05) is 37.2 Å². The fraction of sp³-hybridized carbons (Fsp3) is 0.389. The van der Waals surface area contributed by atoms with Gasteiger partial charge in [-0.15, -0.1) is 0 Å². The van der Waals surface area contributed by atoms with Crippen molar-refractivity contribution in [3.05, 3.63) is 35.0 Å². The normalized spacial score (nSPS) is 16.5. The fourth-order valence-electron chi connectivity index (χ4n) is 2.78. The van der Waals surface area contributed by atoms with Gasteiger partial charge in [0.25, 0.3) is 0 Å². The van der Waals surface area contributed by atoms with Crippen molar-refractivity contribution in [1.82, 2.24) is 9.97 Å². The first-order chi connectivity index (χ1) is 12.2. The Hall–Kier alpha value is -1.99. The summed E-state index contributed by atoms with van der Waals surface area (Å²) in [5, 5.41) is 9.91. The number of hydrogen-bond donors (Lipinski definition) is 2. The van der Waals surface area contributed by atoms with E-state index in [4.69, 9.17) is 22.4 Å². The van der Waals surface area contributed by atoms with E-state index >= 15 is 0 Å². The van der Waals surface area contributed by atoms with Crippen molar-refractivity contribution in [3.63, 3.8) is 0 Å². The number of anilines is 2. The summed E-state index contributed by atoms with van der Waals surface area (Å²) in [6.45, 7) is 6.44. The second-order valence-corrected chi connectivity index (χ2v) is 8.56. The zero-order valence-corrected chi connectivity index (χ0v) is 16.3. The Bertz CT molecular complexity index is 834. The number of carboxylic acids is 1. The summed E-state index contributed by atoms with van der Waals surface area (Å²) in [4.78, 5) is 22.8. The molecule has 2 heterocycles. The first kappa shape index (κ1) is 18.8. The van der Waals surface area contributed by atoms with Crippen LogP contribution in [0, 0.1) is 5.41 Å². The predicted octanol–water partition coefficient (Wildman–Crippen LogP) is 4.19. The molecule has 26 heavy (non-hydrogen) atoms. The van der Waals surface area contributed by atoms with Crippen LogP contribution >= 0.6 is 23.4 Å². The summed E-state index contributed by atoms with van der Waals surface area (Å²) in [7, 11) is 0. The van der Waals surface area contributed by atoms with Crippen LogP contribution in [0.5, 0.6) is 0 Å². The van der Waals surface area contributed by atoms with Crippen molar-refractivity contribution in [3.8, 4) is 0 Å². The number of aromatic carboxylic acids is 1. The SMILES string of the molecule is CC1(C)CCN(c2cnc(Sc3ccc(C(=O)O)cc3Cl)c(N)n2)CC1. The zero-order chi connectivity index (χ0) is 18.9. The highest BCUT2D eigenvalue weighted by Gasteiger charge is 2.26. The zero-order valence-electron chi connectivity index (χ0n) is 14.7. The molecule has 3 N–H and O–H groups in total. The third-order valence-electron chi connectivity index (χ3n) is 4.58. The minimum absolute atomic E-state index is 0.141. The molecule has 1 aliphatic rings. The molecule has 0 aliphatic carbocycles. The molecular weight excluding hydrogens is 372 g/mol. The third-order valence-corrected chi connectivity index (χ3v) is 6.09. The number of nitrogens with two attached hydrogens (primary N) is 1. The number of halogens is 1. The molecule has 0 saturated carbocycles. The summed E-state index contributed by atoms with van der Waals surface area (Å²) in [5.74, 6) is 0.113. The van der Waals surface area contributed by atoms with Gasteiger partial charge in [-0.3, -0.25) is 0 Å². The van der Waals surface area contributed by atoms with Crippen LogP contribution in [0.15, 0.2) is 34.3 Å². The maximum absolute atomic E-state index is 11.0. The van der Waals surface area contributed by atoms with Crippen LogP contribution in [-0.2, 0) is 0 Å². The minimum atomic E-state index is -1.02. The van der Waals surface area contributed by atoms with Crippen LogP contribution in [-0.4, -0.2) is 34.1 Å². The van der Waals surface area contributed by atoms with Crippen LogP contribution in [0.25, 0.3) is 0 Å². The number of rotatable bonds is 4. The van der Waals surface area contributed by atoms with E-state index in [1.54, 1.807) is 12.3 Å². The maximum Gasteiger partial charge on any atom is 0.335 e. The smallest absolute Gasteiger partial charge is 0.335 e. The lowest BCUT2D eigenvalue weighted by atomic mass is 9.83. The van der Waals surface area contributed by atoms with E-state index in [2.05, 4.69) is 28.7 Å². The summed E-state index contributed by atoms with van der Waals surface area (Å²) < 4.78 is 0. The molecule has 2 aromatic rings. The van der Waals surface area contributed by atoms with Gasteiger partial charge in [-0.2, -0.15) is 0 Å². The fourth-order valence-corrected chi connectivity index (χ4v) is 3.83. The molecule has 0 radical (unpaired) electrons. The average Bonchev–Trinajstić information content (AvgIpc) is 2.58. The van der Waals surface area contributed by atoms with E-state index in [1.807, 2.05) is 0 Å². The second-order valence-electron chi connectivity index (χ2n) is 7.12. The lowest BCUT2D eigenvalue weighted by molar-refractivity contribution is 0.0697. The average molecular weight is 393 g/mol. The van der Waals surface area contributed by atoms with E-state index in [9.17, 15) is 4.79 Å². The number of carbonyl (C=O) groups is 1. The molecular formula is C18H21ClN4O2S. The third kappa shape index (κ3) is 4.22. The first-order valence-corrected chi connectivity index (χ1v) is 9.53. The molecule has 0 atom stereocenters. The monoisotopic (exact) mass is 392 g/mol. The quantitative estimate of drug-likeness (QED) is 0.805. The van der Waals surface area contributed by atoms with Crippen molar-refractivity contribution in [2.45, 2.75) is 36.6 Å². The molecule has 6 nitrogen and oxygen atoms in total. The van der Waals surface area contributed by atoms with Gasteiger partial charge < -0.3 is 15.7 Å². The number of aromatic nitrogens is 2. The van der Waals surface area contributed by atoms with Crippen molar-refractivity contribution in [1.29, 1.82) is 0 Å². The minimum Gasteiger partial charge on any atom is -0.478 e. The van der Waals surface area contributed by atoms with Crippen molar-refractivity contribution in [2.24, 2.45) is 5.41 Å². The predicted molar refractivity (Wildman–Crippen MR) is 104 cm³/mol. The van der Waals surface area contributed by atoms with Crippen LogP contribution in [0.3, 0.4) is 0 Å². The van der Waals surface area contributed by atoms with Crippen LogP contribution in [0.2, 0.25) is 5.02 Å². The van der Waals surface area contributed by atoms with E-state index in [0.717, 1.165) is 31.7 Å². The van der Waals surface area contributed by atoms with Gasteiger partial charge in [-0.05, 0) is 36.5 Å². The number of nitrogens with zero attached hydrogens (tertiary/aromatic N) is 3. The van der Waals surface area contributed by atoms with Gasteiger partial charge in [0, 0.05) is 18.0 Å². The molecule has 3 rings (SSSR count). The van der Waals surface area contributed by atoms with Crippen LogP contribution in [0.4, 0.5) is 11.6 Å². The molecule has 0 unspecified atom stereocenters. The van der Waals surface area contributed by atoms with Gasteiger partial charge in [0.05, 0.1) is 16.8 Å². The standard InChI is InChI=1S/C18H21ClN4O2S/c1-18(2)5-7-23(8-6-18)14-10-21-16(15(20)22-14)26-13-4-3-11(17(24)25)9-12(13)19/h3-4,9-10H,5-8H2,1-2H3,(H2,20,22)(H,24,25). The lowest BCUT2D eigenvalue weighted by Crippen LogP contribution is -2.37. The van der Waals surface area contributed by atoms with Gasteiger partial charge >= 0.3 is 5.97 Å². The van der Waals surface area contributed by atoms with Crippen LogP contribution < -0.4 is 10.6 Å². The van der Waals surface area contributed by atoms with Gasteiger partial charge in [-0.25, -0.2) is 14.8 Å². The Morgan fingerprint density at radius 2 is 2.04 bits per heavy atom. The summed E-state index contributed by atoms with van der Waals surface area (Å²) in [6.07, 6.45) is 3.95. The van der Waals surface area contributed by atoms with Crippen molar-refractivity contribution < 1.29 is 9.90 Å². The summed E-state index contributed by atoms with van der Waals surface area (Å²) >= 11 is 7.45. The Morgan fingerprint density at radius 1 is 1.35 bits per heavy atom. The largest absolute Gasteiger partial charge is 0.478 e. The number of benzene rings is 1. The number of carboxylic acid groups (broad SMARTS) is 1. The summed E-state index contributed by atoms with van der Waals surface area (Å²) in [6, 6.07) is 4.57. The molecule has 1 aliphatic heterocycles. The topological polar surface area (TPSA) is 92.3 Å². The van der Waals surface area contributed by atoms with E-state index in [0.29, 0.717) is 26.2 Å². The van der Waals surface area contributed by atoms with Gasteiger partial charge in [0.15, 0.2) is 5.82 Å². The summed E-state index contributed by atoms with van der Waals surface area (Å²) in [5.41, 5.74) is 6.60. The lowest BCUT2D eigenvalue weighted by Gasteiger charge is -2.37. The number of nitrogen functional groups attached to an aromatic ring is 1. The Kier molecular flexibility index (Phi) is 5.29. The first-order valence-electron chi connectivity index (χ1n) is 8.33. The molecule has 0 spiro atoms. The molecule has 1 aromatic carbocycles. The molecule has 1 saturated heterocycles. The van der Waals surface area contributed by atoms with E-state index < -0.39 is 5.97 Å². The molecule has 138 valence electrons. The Morgan fingerprint density at radius 3 is 2.62 bits per heavy atom. The molecule has 8 heteroatoms. The second kappa shape index (κ2) is 7.32. The van der Waals surface area contributed by atoms with Crippen molar-refractivity contribution >= 4 is 41.0 Å². The highest BCUT2D eigenvalue weighted by Crippen LogP contribution is 2.36. The molecule has 0 amide bonds. The number of piperidine rings is 1. The van der Waals surface area contributed by atoms with Gasteiger partial charge in [0.2, 0.25) is 0 Å². The number of hydrogen-bond acceptors (Lipinski definition) is 6. The molecule has 0 bridgehead atoms. The van der Waals surface area contributed by atoms with Crippen LogP contribution in [0.1, 0.15) is 37.0 Å². The van der Waals surface area contributed by atoms with E-state index in [-0.39, 0.29) is 5.56 Å². The van der Waals surface area contributed by atoms with Gasteiger partial charge in [0.1, 0.15) is 10.8 Å². The Balaban J connectivity index is 1.75. The maximum atomic E-state index is 11.0. The highest BCUT2D eigenvalue weighted by atomic mass is 35.5. The van der Waals surface area contributed by atoms with E-state index in [1.165, 1.54) is 23.9 Å². The molecule has 1 aromatic heterocycles. The highest BCUT2D eigenvalue weighted by molar-refractivity contribution is 7.99.